The van der Waals surface area contributed by atoms with E-state index in [1.54, 1.807) is 18.2 Å². The highest BCUT2D eigenvalue weighted by Crippen LogP contribution is 2.26. The molecule has 0 atom stereocenters. The van der Waals surface area contributed by atoms with Crippen molar-refractivity contribution in [1.82, 2.24) is 9.80 Å². The van der Waals surface area contributed by atoms with Gasteiger partial charge in [0, 0.05) is 37.2 Å². The molecule has 1 N–H and O–H groups in total. The van der Waals surface area contributed by atoms with Gasteiger partial charge in [-0.05, 0) is 31.0 Å². The molecule has 2 fully saturated rings. The summed E-state index contributed by atoms with van der Waals surface area (Å²) in [7, 11) is 0. The van der Waals surface area contributed by atoms with Crippen molar-refractivity contribution in [2.24, 2.45) is 0 Å². The highest BCUT2D eigenvalue weighted by molar-refractivity contribution is 6.35. The molecule has 0 spiro atoms. The number of nitrogens with one attached hydrogen (secondary N) is 1. The average Bonchev–Trinajstić information content (AvgIpc) is 2.59. The molecule has 1 saturated heterocycles. The van der Waals surface area contributed by atoms with E-state index in [1.807, 2.05) is 4.90 Å². The fourth-order valence-electron chi connectivity index (χ4n) is 3.52. The Morgan fingerprint density at radius 2 is 1.74 bits per heavy atom. The van der Waals surface area contributed by atoms with Gasteiger partial charge in [-0.3, -0.25) is 4.90 Å². The van der Waals surface area contributed by atoms with Crippen molar-refractivity contribution in [3.63, 3.8) is 0 Å². The lowest BCUT2D eigenvalue weighted by Crippen LogP contribution is -2.53. The Balaban J connectivity index is 1.52. The molecule has 6 heteroatoms. The maximum Gasteiger partial charge on any atom is 0.321 e. The van der Waals surface area contributed by atoms with Crippen LogP contribution >= 0.6 is 23.2 Å². The zero-order valence-electron chi connectivity index (χ0n) is 13.2. The molecule has 23 heavy (non-hydrogen) atoms. The first-order valence-corrected chi connectivity index (χ1v) is 9.14. The van der Waals surface area contributed by atoms with E-state index in [9.17, 15) is 4.79 Å². The van der Waals surface area contributed by atoms with Crippen LogP contribution in [0.15, 0.2) is 18.2 Å². The number of nitrogens with zero attached hydrogens (tertiary/aromatic N) is 2. The van der Waals surface area contributed by atoms with E-state index in [0.29, 0.717) is 15.7 Å². The van der Waals surface area contributed by atoms with Crippen LogP contribution in [-0.2, 0) is 0 Å². The largest absolute Gasteiger partial charge is 0.322 e. The number of benzene rings is 1. The first-order chi connectivity index (χ1) is 11.1. The Labute approximate surface area is 147 Å². The molecule has 1 aromatic carbocycles. The van der Waals surface area contributed by atoms with E-state index in [2.05, 4.69) is 10.2 Å². The van der Waals surface area contributed by atoms with E-state index in [0.717, 1.165) is 32.2 Å². The van der Waals surface area contributed by atoms with Gasteiger partial charge in [0.05, 0.1) is 10.7 Å². The summed E-state index contributed by atoms with van der Waals surface area (Å²) in [6, 6.07) is 5.71. The van der Waals surface area contributed by atoms with E-state index in [-0.39, 0.29) is 6.03 Å². The number of amides is 2. The topological polar surface area (TPSA) is 35.6 Å². The molecule has 1 aromatic rings. The third-order valence-electron chi connectivity index (χ3n) is 4.86. The zero-order valence-corrected chi connectivity index (χ0v) is 14.7. The number of hydrogen-bond donors (Lipinski definition) is 1. The van der Waals surface area contributed by atoms with Crippen molar-refractivity contribution in [3.05, 3.63) is 28.2 Å². The number of carbonyl (C=O) groups excluding carboxylic acids is 1. The first kappa shape index (κ1) is 16.9. The molecule has 126 valence electrons. The fraction of sp³-hybridized carbons (Fsp3) is 0.588. The van der Waals surface area contributed by atoms with E-state index >= 15 is 0 Å². The van der Waals surface area contributed by atoms with Gasteiger partial charge in [0.25, 0.3) is 0 Å². The van der Waals surface area contributed by atoms with Gasteiger partial charge in [-0.15, -0.1) is 0 Å². The highest BCUT2D eigenvalue weighted by atomic mass is 35.5. The Morgan fingerprint density at radius 3 is 2.43 bits per heavy atom. The van der Waals surface area contributed by atoms with Crippen LogP contribution in [0.4, 0.5) is 10.5 Å². The number of piperazine rings is 1. The Kier molecular flexibility index (Phi) is 5.67. The minimum absolute atomic E-state index is 0.0996. The molecule has 1 aliphatic heterocycles. The second-order valence-electron chi connectivity index (χ2n) is 6.37. The Bertz CT molecular complexity index is 553. The minimum Gasteiger partial charge on any atom is -0.322 e. The third-order valence-corrected chi connectivity index (χ3v) is 5.43. The van der Waals surface area contributed by atoms with Gasteiger partial charge in [0.15, 0.2) is 0 Å². The molecule has 3 rings (SSSR count). The summed E-state index contributed by atoms with van der Waals surface area (Å²) < 4.78 is 0. The maximum absolute atomic E-state index is 12.4. The maximum atomic E-state index is 12.4. The van der Waals surface area contributed by atoms with Crippen LogP contribution in [0.5, 0.6) is 0 Å². The minimum atomic E-state index is -0.0996. The van der Waals surface area contributed by atoms with Crippen LogP contribution in [0, 0.1) is 0 Å². The van der Waals surface area contributed by atoms with Crippen LogP contribution in [0.25, 0.3) is 0 Å². The molecular weight excluding hydrogens is 333 g/mol. The third kappa shape index (κ3) is 4.31. The predicted molar refractivity (Wildman–Crippen MR) is 95.5 cm³/mol. The smallest absolute Gasteiger partial charge is 0.321 e. The summed E-state index contributed by atoms with van der Waals surface area (Å²) in [4.78, 5) is 16.8. The van der Waals surface area contributed by atoms with Crippen LogP contribution in [0.1, 0.15) is 32.1 Å². The lowest BCUT2D eigenvalue weighted by Gasteiger charge is -2.40. The van der Waals surface area contributed by atoms with Crippen molar-refractivity contribution >= 4 is 34.9 Å². The summed E-state index contributed by atoms with van der Waals surface area (Å²) in [5, 5.41) is 3.93. The second kappa shape index (κ2) is 7.73. The molecular formula is C17H23Cl2N3O. The van der Waals surface area contributed by atoms with Crippen molar-refractivity contribution < 1.29 is 4.79 Å². The highest BCUT2D eigenvalue weighted by Gasteiger charge is 2.27. The summed E-state index contributed by atoms with van der Waals surface area (Å²) >= 11 is 12.1. The van der Waals surface area contributed by atoms with Crippen LogP contribution in [0.2, 0.25) is 10.0 Å². The molecule has 1 heterocycles. The van der Waals surface area contributed by atoms with E-state index < -0.39 is 0 Å². The van der Waals surface area contributed by atoms with Gasteiger partial charge in [-0.25, -0.2) is 4.79 Å². The van der Waals surface area contributed by atoms with Crippen molar-refractivity contribution in [2.45, 2.75) is 38.1 Å². The number of carbonyl (C=O) groups is 1. The lowest BCUT2D eigenvalue weighted by atomic mass is 9.94. The standard InChI is InChI=1S/C17H23Cl2N3O/c18-13-6-7-15(19)16(12-13)20-17(23)22-10-8-21(9-11-22)14-4-2-1-3-5-14/h6-7,12,14H,1-5,8-11H2,(H,20,23). The van der Waals surface area contributed by atoms with Crippen molar-refractivity contribution in [2.75, 3.05) is 31.5 Å². The molecule has 1 saturated carbocycles. The molecule has 1 aliphatic carbocycles. The lowest BCUT2D eigenvalue weighted by molar-refractivity contribution is 0.0943. The molecule has 0 bridgehead atoms. The summed E-state index contributed by atoms with van der Waals surface area (Å²) in [5.41, 5.74) is 0.568. The number of halogens is 2. The quantitative estimate of drug-likeness (QED) is 0.848. The number of hydrogen-bond acceptors (Lipinski definition) is 2. The molecule has 0 aromatic heterocycles. The monoisotopic (exact) mass is 355 g/mol. The summed E-state index contributed by atoms with van der Waals surface area (Å²) in [6.45, 7) is 3.45. The molecule has 0 unspecified atom stereocenters. The number of urea groups is 1. The Morgan fingerprint density at radius 1 is 1.04 bits per heavy atom. The van der Waals surface area contributed by atoms with Crippen molar-refractivity contribution in [1.29, 1.82) is 0 Å². The van der Waals surface area contributed by atoms with Gasteiger partial charge in [0.2, 0.25) is 0 Å². The van der Waals surface area contributed by atoms with Gasteiger partial charge in [-0.1, -0.05) is 42.5 Å². The molecule has 2 amide bonds. The zero-order chi connectivity index (χ0) is 16.2. The van der Waals surface area contributed by atoms with Crippen LogP contribution < -0.4 is 5.32 Å². The fourth-order valence-corrected chi connectivity index (χ4v) is 3.86. The van der Waals surface area contributed by atoms with Crippen LogP contribution in [-0.4, -0.2) is 48.1 Å². The van der Waals surface area contributed by atoms with E-state index in [4.69, 9.17) is 23.2 Å². The molecule has 2 aliphatic rings. The SMILES string of the molecule is O=C(Nc1cc(Cl)ccc1Cl)N1CCN(C2CCCCC2)CC1. The van der Waals surface area contributed by atoms with Crippen molar-refractivity contribution in [3.8, 4) is 0 Å². The van der Waals surface area contributed by atoms with E-state index in [1.165, 1.54) is 32.1 Å². The van der Waals surface area contributed by atoms with Gasteiger partial charge >= 0.3 is 6.03 Å². The Hall–Kier alpha value is -0.970. The number of rotatable bonds is 2. The van der Waals surface area contributed by atoms with Gasteiger partial charge in [0.1, 0.15) is 0 Å². The van der Waals surface area contributed by atoms with Gasteiger partial charge in [-0.2, -0.15) is 0 Å². The number of anilines is 1. The average molecular weight is 356 g/mol. The van der Waals surface area contributed by atoms with Crippen LogP contribution in [0.3, 0.4) is 0 Å². The second-order valence-corrected chi connectivity index (χ2v) is 7.21. The first-order valence-electron chi connectivity index (χ1n) is 8.38. The molecule has 0 radical (unpaired) electrons. The summed E-state index contributed by atoms with van der Waals surface area (Å²) in [6.07, 6.45) is 6.69. The predicted octanol–water partition coefficient (Wildman–Crippen LogP) is 4.48. The van der Waals surface area contributed by atoms with Gasteiger partial charge < -0.3 is 10.2 Å². The molecule has 4 nitrogen and oxygen atoms in total. The normalized spacial score (nSPS) is 20.5. The summed E-state index contributed by atoms with van der Waals surface area (Å²) in [5.74, 6) is 0.